The van der Waals surface area contributed by atoms with Crippen LogP contribution < -0.4 is 16.0 Å². The van der Waals surface area contributed by atoms with E-state index in [2.05, 4.69) is 15.3 Å². The Morgan fingerprint density at radius 2 is 1.81 bits per heavy atom. The molecular formula is C23H24N4O4S. The lowest BCUT2D eigenvalue weighted by atomic mass is 9.88. The van der Waals surface area contributed by atoms with E-state index in [1.807, 2.05) is 0 Å². The van der Waals surface area contributed by atoms with Crippen molar-refractivity contribution in [1.82, 2.24) is 15.3 Å². The van der Waals surface area contributed by atoms with Gasteiger partial charge in [-0.15, -0.1) is 0 Å². The lowest BCUT2D eigenvalue weighted by Gasteiger charge is -2.18. The average Bonchev–Trinajstić information content (AvgIpc) is 2.79. The molecule has 0 saturated carbocycles. The molecule has 1 aliphatic carbocycles. The van der Waals surface area contributed by atoms with Gasteiger partial charge in [-0.05, 0) is 61.4 Å². The molecule has 0 unspecified atom stereocenters. The van der Waals surface area contributed by atoms with Crippen LogP contribution in [0.4, 0.5) is 0 Å². The van der Waals surface area contributed by atoms with Crippen molar-refractivity contribution in [2.75, 3.05) is 6.54 Å². The molecule has 2 heterocycles. The summed E-state index contributed by atoms with van der Waals surface area (Å²) < 4.78 is 22.7. The molecule has 1 aliphatic rings. The monoisotopic (exact) mass is 452 g/mol. The van der Waals surface area contributed by atoms with Crippen LogP contribution in [0.2, 0.25) is 0 Å². The Morgan fingerprint density at radius 3 is 2.53 bits per heavy atom. The standard InChI is InChI=1S/C23H24N4O4S/c24-32(30,31)18-7-5-15(6-8-18)9-10-26-22(28)17-11-16(12-25-13-17)21-14-27-23(29)20-4-2-1-3-19(20)21/h5-8,11-14H,1-4,9-10H2,(H,26,28)(H,27,29)(H2,24,30,31). The zero-order chi connectivity index (χ0) is 22.7. The number of H-pyrrole nitrogens is 1. The Balaban J connectivity index is 1.45. The van der Waals surface area contributed by atoms with Crippen molar-refractivity contribution in [2.45, 2.75) is 37.0 Å². The van der Waals surface area contributed by atoms with Gasteiger partial charge in [0.1, 0.15) is 0 Å². The summed E-state index contributed by atoms with van der Waals surface area (Å²) in [6, 6.07) is 8.03. The first-order valence-corrected chi connectivity index (χ1v) is 12.0. The number of pyridine rings is 2. The van der Waals surface area contributed by atoms with Crippen LogP contribution in [0.15, 0.2) is 58.6 Å². The molecule has 0 radical (unpaired) electrons. The van der Waals surface area contributed by atoms with Crippen LogP contribution in [0.1, 0.15) is 39.9 Å². The molecule has 8 nitrogen and oxygen atoms in total. The van der Waals surface area contributed by atoms with Crippen LogP contribution in [-0.2, 0) is 29.3 Å². The van der Waals surface area contributed by atoms with Crippen LogP contribution in [0.3, 0.4) is 0 Å². The van der Waals surface area contributed by atoms with E-state index >= 15 is 0 Å². The van der Waals surface area contributed by atoms with Crippen molar-refractivity contribution in [3.63, 3.8) is 0 Å². The molecule has 3 aromatic rings. The van der Waals surface area contributed by atoms with E-state index in [4.69, 9.17) is 5.14 Å². The van der Waals surface area contributed by atoms with Crippen molar-refractivity contribution in [1.29, 1.82) is 0 Å². The van der Waals surface area contributed by atoms with Gasteiger partial charge in [-0.1, -0.05) is 12.1 Å². The summed E-state index contributed by atoms with van der Waals surface area (Å²) in [5, 5.41) is 7.96. The van der Waals surface area contributed by atoms with Crippen LogP contribution in [-0.4, -0.2) is 30.8 Å². The Morgan fingerprint density at radius 1 is 1.09 bits per heavy atom. The number of nitrogens with zero attached hydrogens (tertiary/aromatic N) is 1. The number of amides is 1. The van der Waals surface area contributed by atoms with E-state index in [0.29, 0.717) is 18.5 Å². The molecule has 2 aromatic heterocycles. The number of hydrogen-bond donors (Lipinski definition) is 3. The number of nitrogens with one attached hydrogen (secondary N) is 2. The zero-order valence-corrected chi connectivity index (χ0v) is 18.2. The molecule has 4 rings (SSSR count). The minimum absolute atomic E-state index is 0.0394. The summed E-state index contributed by atoms with van der Waals surface area (Å²) in [6.07, 6.45) is 9.11. The number of fused-ring (bicyclic) bond motifs is 1. The maximum absolute atomic E-state index is 12.6. The number of primary sulfonamides is 1. The fraction of sp³-hybridized carbons (Fsp3) is 0.261. The summed E-state index contributed by atoms with van der Waals surface area (Å²) in [5.74, 6) is -0.251. The van der Waals surface area contributed by atoms with Gasteiger partial charge >= 0.3 is 0 Å². The summed E-state index contributed by atoms with van der Waals surface area (Å²) in [7, 11) is -3.72. The van der Waals surface area contributed by atoms with Crippen molar-refractivity contribution in [3.05, 3.63) is 81.5 Å². The SMILES string of the molecule is NS(=O)(=O)c1ccc(CCNC(=O)c2cncc(-c3c[nH]c(=O)c4c3CCCC4)c2)cc1. The Labute approximate surface area is 186 Å². The third-order valence-corrected chi connectivity index (χ3v) is 6.61. The molecule has 166 valence electrons. The molecule has 0 saturated heterocycles. The number of aromatic nitrogens is 2. The van der Waals surface area contributed by atoms with E-state index in [1.165, 1.54) is 18.3 Å². The van der Waals surface area contributed by atoms with Gasteiger partial charge in [0, 0.05) is 41.8 Å². The molecule has 0 atom stereocenters. The van der Waals surface area contributed by atoms with Crippen molar-refractivity contribution in [3.8, 4) is 11.1 Å². The lowest BCUT2D eigenvalue weighted by Crippen LogP contribution is -2.26. The van der Waals surface area contributed by atoms with Crippen LogP contribution in [0.25, 0.3) is 11.1 Å². The summed E-state index contributed by atoms with van der Waals surface area (Å²) in [4.78, 5) is 31.9. The van der Waals surface area contributed by atoms with E-state index in [0.717, 1.165) is 53.5 Å². The summed E-state index contributed by atoms with van der Waals surface area (Å²) in [5.41, 5.74) is 4.86. The normalized spacial score (nSPS) is 13.4. The summed E-state index contributed by atoms with van der Waals surface area (Å²) >= 11 is 0. The van der Waals surface area contributed by atoms with E-state index in [1.54, 1.807) is 30.6 Å². The van der Waals surface area contributed by atoms with E-state index in [-0.39, 0.29) is 16.4 Å². The molecule has 0 spiro atoms. The second kappa shape index (κ2) is 9.05. The summed E-state index contributed by atoms with van der Waals surface area (Å²) in [6.45, 7) is 0.381. The smallest absolute Gasteiger partial charge is 0.252 e. The maximum Gasteiger partial charge on any atom is 0.252 e. The third-order valence-electron chi connectivity index (χ3n) is 5.68. The number of rotatable bonds is 6. The van der Waals surface area contributed by atoms with Gasteiger partial charge in [-0.3, -0.25) is 14.6 Å². The minimum Gasteiger partial charge on any atom is -0.352 e. The first-order valence-electron chi connectivity index (χ1n) is 10.4. The highest BCUT2D eigenvalue weighted by atomic mass is 32.2. The highest BCUT2D eigenvalue weighted by Gasteiger charge is 2.18. The Bertz CT molecular complexity index is 1310. The molecule has 9 heteroatoms. The fourth-order valence-electron chi connectivity index (χ4n) is 4.00. The predicted molar refractivity (Wildman–Crippen MR) is 121 cm³/mol. The first-order chi connectivity index (χ1) is 15.3. The molecule has 32 heavy (non-hydrogen) atoms. The molecule has 1 aromatic carbocycles. The highest BCUT2D eigenvalue weighted by molar-refractivity contribution is 7.89. The van der Waals surface area contributed by atoms with Gasteiger partial charge in [-0.25, -0.2) is 13.6 Å². The molecule has 0 fully saturated rings. The van der Waals surface area contributed by atoms with Gasteiger partial charge in [0.15, 0.2) is 0 Å². The number of aromatic amines is 1. The topological polar surface area (TPSA) is 135 Å². The maximum atomic E-state index is 12.6. The van der Waals surface area contributed by atoms with Crippen molar-refractivity contribution in [2.24, 2.45) is 5.14 Å². The Kier molecular flexibility index (Phi) is 6.20. The number of sulfonamides is 1. The third kappa shape index (κ3) is 4.79. The van der Waals surface area contributed by atoms with Gasteiger partial charge in [0.05, 0.1) is 10.5 Å². The van der Waals surface area contributed by atoms with Gasteiger partial charge in [0.25, 0.3) is 11.5 Å². The first kappa shape index (κ1) is 21.9. The minimum atomic E-state index is -3.72. The molecule has 4 N–H and O–H groups in total. The number of carbonyl (C=O) groups excluding carboxylic acids is 1. The van der Waals surface area contributed by atoms with Gasteiger partial charge in [-0.2, -0.15) is 0 Å². The van der Waals surface area contributed by atoms with Gasteiger partial charge in [0.2, 0.25) is 10.0 Å². The average molecular weight is 453 g/mol. The van der Waals surface area contributed by atoms with Crippen LogP contribution in [0, 0.1) is 0 Å². The number of nitrogens with two attached hydrogens (primary N) is 1. The van der Waals surface area contributed by atoms with E-state index < -0.39 is 10.0 Å². The van der Waals surface area contributed by atoms with Crippen LogP contribution in [0.5, 0.6) is 0 Å². The quantitative estimate of drug-likeness (QED) is 0.525. The predicted octanol–water partition coefficient (Wildman–Crippen LogP) is 1.94. The number of carbonyl (C=O) groups is 1. The molecule has 0 aliphatic heterocycles. The zero-order valence-electron chi connectivity index (χ0n) is 17.4. The Hall–Kier alpha value is -3.30. The largest absolute Gasteiger partial charge is 0.352 e. The second-order valence-corrected chi connectivity index (χ2v) is 9.41. The number of hydrogen-bond acceptors (Lipinski definition) is 5. The number of benzene rings is 1. The molecular weight excluding hydrogens is 428 g/mol. The van der Waals surface area contributed by atoms with Crippen molar-refractivity contribution < 1.29 is 13.2 Å². The molecule has 1 amide bonds. The highest BCUT2D eigenvalue weighted by Crippen LogP contribution is 2.29. The van der Waals surface area contributed by atoms with E-state index in [9.17, 15) is 18.0 Å². The second-order valence-electron chi connectivity index (χ2n) is 7.85. The lowest BCUT2D eigenvalue weighted by molar-refractivity contribution is 0.0954. The van der Waals surface area contributed by atoms with Crippen LogP contribution >= 0.6 is 0 Å². The van der Waals surface area contributed by atoms with Crippen molar-refractivity contribution >= 4 is 15.9 Å². The fourth-order valence-corrected chi connectivity index (χ4v) is 4.52. The van der Waals surface area contributed by atoms with Gasteiger partial charge < -0.3 is 10.3 Å². The molecule has 0 bridgehead atoms.